The molecular formula is C20H23N5O2. The molecule has 0 radical (unpaired) electrons. The Balaban J connectivity index is 1.67. The van der Waals surface area contributed by atoms with Gasteiger partial charge in [-0.2, -0.15) is 5.10 Å². The van der Waals surface area contributed by atoms with Crippen LogP contribution in [0.15, 0.2) is 42.7 Å². The number of nitrogens with one attached hydrogen (secondary N) is 1. The molecule has 1 amide bonds. The summed E-state index contributed by atoms with van der Waals surface area (Å²) in [5.41, 5.74) is 2.77. The number of carbonyl (C=O) groups is 1. The van der Waals surface area contributed by atoms with Gasteiger partial charge < -0.3 is 15.0 Å². The van der Waals surface area contributed by atoms with Crippen molar-refractivity contribution in [2.24, 2.45) is 0 Å². The number of aromatic nitrogens is 3. The lowest BCUT2D eigenvalue weighted by molar-refractivity contribution is -0.130. The minimum Gasteiger partial charge on any atom is -0.494 e. The van der Waals surface area contributed by atoms with E-state index in [2.05, 4.69) is 10.4 Å². The Labute approximate surface area is 158 Å². The van der Waals surface area contributed by atoms with Gasteiger partial charge in [-0.3, -0.25) is 4.79 Å². The molecule has 2 aromatic heterocycles. The van der Waals surface area contributed by atoms with E-state index in [0.717, 1.165) is 41.2 Å². The number of carbonyl (C=O) groups excluding carboxylic acids is 1. The van der Waals surface area contributed by atoms with Crippen LogP contribution < -0.4 is 10.1 Å². The van der Waals surface area contributed by atoms with Gasteiger partial charge in [0.1, 0.15) is 11.6 Å². The molecule has 4 rings (SSSR count). The Morgan fingerprint density at radius 2 is 2.15 bits per heavy atom. The van der Waals surface area contributed by atoms with Gasteiger partial charge in [0.05, 0.1) is 12.8 Å². The molecule has 140 valence electrons. The van der Waals surface area contributed by atoms with Gasteiger partial charge in [0.2, 0.25) is 5.91 Å². The molecule has 1 aromatic carbocycles. The smallest absolute Gasteiger partial charge is 0.222 e. The van der Waals surface area contributed by atoms with Gasteiger partial charge in [0, 0.05) is 38.3 Å². The highest BCUT2D eigenvalue weighted by molar-refractivity contribution is 5.78. The molecule has 7 nitrogen and oxygen atoms in total. The van der Waals surface area contributed by atoms with Crippen LogP contribution in [0.3, 0.4) is 0 Å². The fourth-order valence-electron chi connectivity index (χ4n) is 3.19. The molecule has 3 aromatic rings. The lowest BCUT2D eigenvalue weighted by atomic mass is 10.1. The lowest BCUT2D eigenvalue weighted by Gasteiger charge is -2.17. The molecule has 0 atom stereocenters. The van der Waals surface area contributed by atoms with Crippen molar-refractivity contribution in [2.75, 3.05) is 32.1 Å². The van der Waals surface area contributed by atoms with E-state index in [0.29, 0.717) is 26.1 Å². The van der Waals surface area contributed by atoms with Gasteiger partial charge in [0.25, 0.3) is 0 Å². The van der Waals surface area contributed by atoms with Crippen LogP contribution in [-0.2, 0) is 4.79 Å². The molecule has 0 saturated heterocycles. The predicted octanol–water partition coefficient (Wildman–Crippen LogP) is 2.83. The molecular weight excluding hydrogens is 342 g/mol. The number of benzene rings is 1. The Morgan fingerprint density at radius 3 is 3.07 bits per heavy atom. The van der Waals surface area contributed by atoms with Crippen molar-refractivity contribution in [1.29, 1.82) is 0 Å². The zero-order chi connectivity index (χ0) is 18.6. The molecule has 0 saturated carbocycles. The summed E-state index contributed by atoms with van der Waals surface area (Å²) >= 11 is 0. The standard InChI is InChI=1S/C20H23N5O2/c1-24-10-4-12-27-16-6-2-5-15(13-16)17-14-22-25-11-8-18(23-20(17)25)21-9-3-7-19(24)26/h2,5-6,8,11,13-14H,3-4,7,9-10,12H2,1H3,(H,21,23). The fourth-order valence-corrected chi connectivity index (χ4v) is 3.19. The number of fused-ring (bicyclic) bond motifs is 4. The van der Waals surface area contributed by atoms with Crippen molar-refractivity contribution in [3.05, 3.63) is 42.7 Å². The minimum atomic E-state index is 0.157. The number of hydrogen-bond donors (Lipinski definition) is 1. The molecule has 1 N–H and O–H groups in total. The van der Waals surface area contributed by atoms with Crippen LogP contribution in [-0.4, -0.2) is 52.1 Å². The molecule has 3 heterocycles. The summed E-state index contributed by atoms with van der Waals surface area (Å²) in [5.74, 6) is 1.74. The maximum Gasteiger partial charge on any atom is 0.222 e. The number of anilines is 1. The molecule has 7 heteroatoms. The summed E-state index contributed by atoms with van der Waals surface area (Å²) in [6, 6.07) is 9.85. The third-order valence-corrected chi connectivity index (χ3v) is 4.72. The van der Waals surface area contributed by atoms with E-state index in [1.54, 1.807) is 9.42 Å². The van der Waals surface area contributed by atoms with E-state index in [-0.39, 0.29) is 5.91 Å². The predicted molar refractivity (Wildman–Crippen MR) is 104 cm³/mol. The highest BCUT2D eigenvalue weighted by Gasteiger charge is 2.12. The minimum absolute atomic E-state index is 0.157. The summed E-state index contributed by atoms with van der Waals surface area (Å²) in [5, 5.41) is 7.71. The summed E-state index contributed by atoms with van der Waals surface area (Å²) in [7, 11) is 1.85. The van der Waals surface area contributed by atoms with Crippen LogP contribution in [0.2, 0.25) is 0 Å². The highest BCUT2D eigenvalue weighted by Crippen LogP contribution is 2.27. The molecule has 0 unspecified atom stereocenters. The third-order valence-electron chi connectivity index (χ3n) is 4.72. The van der Waals surface area contributed by atoms with Crippen molar-refractivity contribution in [1.82, 2.24) is 19.5 Å². The fraction of sp³-hybridized carbons (Fsp3) is 0.350. The van der Waals surface area contributed by atoms with Crippen molar-refractivity contribution in [3.63, 3.8) is 0 Å². The van der Waals surface area contributed by atoms with Gasteiger partial charge in [-0.1, -0.05) is 12.1 Å². The number of hydrogen-bond acceptors (Lipinski definition) is 5. The summed E-state index contributed by atoms with van der Waals surface area (Å²) in [4.78, 5) is 18.7. The summed E-state index contributed by atoms with van der Waals surface area (Å²) < 4.78 is 7.65. The van der Waals surface area contributed by atoms with Gasteiger partial charge >= 0.3 is 0 Å². The van der Waals surface area contributed by atoms with Crippen LogP contribution in [0.25, 0.3) is 16.8 Å². The van der Waals surface area contributed by atoms with Crippen molar-refractivity contribution < 1.29 is 9.53 Å². The zero-order valence-corrected chi connectivity index (χ0v) is 15.4. The third kappa shape index (κ3) is 3.86. The van der Waals surface area contributed by atoms with Crippen molar-refractivity contribution in [3.8, 4) is 16.9 Å². The maximum atomic E-state index is 12.2. The number of amides is 1. The van der Waals surface area contributed by atoms with Crippen molar-refractivity contribution in [2.45, 2.75) is 19.3 Å². The van der Waals surface area contributed by atoms with Crippen LogP contribution in [0.4, 0.5) is 5.82 Å². The second-order valence-corrected chi connectivity index (χ2v) is 6.71. The van der Waals surface area contributed by atoms with Gasteiger partial charge in [-0.15, -0.1) is 0 Å². The molecule has 0 spiro atoms. The average Bonchev–Trinajstić information content (AvgIpc) is 3.11. The largest absolute Gasteiger partial charge is 0.494 e. The van der Waals surface area contributed by atoms with Crippen LogP contribution in [0, 0.1) is 0 Å². The first-order valence-electron chi connectivity index (χ1n) is 9.26. The first-order chi connectivity index (χ1) is 13.2. The van der Waals surface area contributed by atoms with Gasteiger partial charge in [-0.25, -0.2) is 9.50 Å². The van der Waals surface area contributed by atoms with E-state index < -0.39 is 0 Å². The maximum absolute atomic E-state index is 12.2. The van der Waals surface area contributed by atoms with Crippen LogP contribution in [0.1, 0.15) is 19.3 Å². The zero-order valence-electron chi connectivity index (χ0n) is 15.4. The monoisotopic (exact) mass is 365 g/mol. The molecule has 0 aliphatic carbocycles. The van der Waals surface area contributed by atoms with E-state index >= 15 is 0 Å². The van der Waals surface area contributed by atoms with Crippen LogP contribution in [0.5, 0.6) is 5.75 Å². The van der Waals surface area contributed by atoms with Crippen LogP contribution >= 0.6 is 0 Å². The average molecular weight is 365 g/mol. The molecule has 1 aliphatic heterocycles. The van der Waals surface area contributed by atoms with Gasteiger partial charge in [-0.05, 0) is 36.6 Å². The second kappa shape index (κ2) is 7.65. The Hall–Kier alpha value is -3.09. The van der Waals surface area contributed by atoms with Gasteiger partial charge in [0.15, 0.2) is 5.65 Å². The topological polar surface area (TPSA) is 71.8 Å². The van der Waals surface area contributed by atoms with E-state index in [1.165, 1.54) is 0 Å². The first kappa shape index (κ1) is 17.3. The van der Waals surface area contributed by atoms with E-state index in [4.69, 9.17) is 9.72 Å². The molecule has 27 heavy (non-hydrogen) atoms. The van der Waals surface area contributed by atoms with Crippen molar-refractivity contribution >= 4 is 17.4 Å². The molecule has 4 bridgehead atoms. The lowest BCUT2D eigenvalue weighted by Crippen LogP contribution is -2.28. The highest BCUT2D eigenvalue weighted by atomic mass is 16.5. The Kier molecular flexibility index (Phi) is 4.91. The SMILES string of the molecule is CN1CCCOc2cccc(c2)-c2cnn3ccc(nc23)NCCCC1=O. The second-order valence-electron chi connectivity index (χ2n) is 6.71. The number of nitrogens with zero attached hydrogens (tertiary/aromatic N) is 4. The Bertz CT molecular complexity index is 952. The van der Waals surface area contributed by atoms with E-state index in [9.17, 15) is 4.79 Å². The molecule has 0 fully saturated rings. The first-order valence-corrected chi connectivity index (χ1v) is 9.26. The van der Waals surface area contributed by atoms with E-state index in [1.807, 2.05) is 49.8 Å². The quantitative estimate of drug-likeness (QED) is 0.663. The summed E-state index contributed by atoms with van der Waals surface area (Å²) in [6.07, 6.45) is 5.80. The normalized spacial score (nSPS) is 16.0. The number of rotatable bonds is 0. The molecule has 1 aliphatic rings. The summed E-state index contributed by atoms with van der Waals surface area (Å²) in [6.45, 7) is 1.96. The Morgan fingerprint density at radius 1 is 1.22 bits per heavy atom. The number of ether oxygens (including phenoxy) is 1.